The number of hydrogen-bond donors (Lipinski definition) is 3. The molecule has 120 valence electrons. The summed E-state index contributed by atoms with van der Waals surface area (Å²) in [5.74, 6) is 1.32. The van der Waals surface area contributed by atoms with Crippen LogP contribution in [-0.4, -0.2) is 43.9 Å². The Hall–Kier alpha value is -1.88. The van der Waals surface area contributed by atoms with Crippen molar-refractivity contribution in [2.24, 2.45) is 0 Å². The average molecular weight is 295 g/mol. The number of aliphatic hydroxyl groups is 1. The zero-order valence-corrected chi connectivity index (χ0v) is 13.5. The molecule has 0 spiro atoms. The third kappa shape index (κ3) is 6.90. The Balaban J connectivity index is 4.92. The van der Waals surface area contributed by atoms with Gasteiger partial charge in [0.15, 0.2) is 0 Å². The third-order valence-corrected chi connectivity index (χ3v) is 3.10. The van der Waals surface area contributed by atoms with Crippen molar-refractivity contribution >= 4 is 0 Å². The Morgan fingerprint density at radius 1 is 1.38 bits per heavy atom. The minimum Gasteiger partial charge on any atom is -0.497 e. The van der Waals surface area contributed by atoms with Crippen LogP contribution in [0, 0.1) is 0 Å². The maximum Gasteiger partial charge on any atom is 0.118 e. The number of methoxy groups -OCH3 is 1. The summed E-state index contributed by atoms with van der Waals surface area (Å²) < 4.78 is 5.21. The highest BCUT2D eigenvalue weighted by atomic mass is 16.5. The molecule has 0 unspecified atom stereocenters. The van der Waals surface area contributed by atoms with Crippen LogP contribution < -0.4 is 10.6 Å². The lowest BCUT2D eigenvalue weighted by molar-refractivity contribution is 0.284. The van der Waals surface area contributed by atoms with E-state index in [4.69, 9.17) is 4.74 Å². The summed E-state index contributed by atoms with van der Waals surface area (Å²) in [5, 5.41) is 15.7. The summed E-state index contributed by atoms with van der Waals surface area (Å²) in [4.78, 5) is 1.95. The zero-order valence-electron chi connectivity index (χ0n) is 13.5. The van der Waals surface area contributed by atoms with Gasteiger partial charge in [-0.3, -0.25) is 0 Å². The molecule has 0 aromatic carbocycles. The highest BCUT2D eigenvalue weighted by molar-refractivity contribution is 5.31. The van der Waals surface area contributed by atoms with E-state index in [9.17, 15) is 5.11 Å². The van der Waals surface area contributed by atoms with Crippen LogP contribution in [0.1, 0.15) is 19.8 Å². The number of hydrogen-bond acceptors (Lipinski definition) is 5. The van der Waals surface area contributed by atoms with E-state index in [2.05, 4.69) is 37.3 Å². The monoisotopic (exact) mass is 295 g/mol. The smallest absolute Gasteiger partial charge is 0.118 e. The van der Waals surface area contributed by atoms with Gasteiger partial charge in [0.2, 0.25) is 0 Å². The molecule has 0 saturated heterocycles. The summed E-state index contributed by atoms with van der Waals surface area (Å²) in [5.41, 5.74) is 1.39. The van der Waals surface area contributed by atoms with E-state index < -0.39 is 0 Å². The summed E-state index contributed by atoms with van der Waals surface area (Å²) in [6.45, 7) is 14.9. The Bertz CT molecular complexity index is 389. The first-order valence-electron chi connectivity index (χ1n) is 7.09. The van der Waals surface area contributed by atoms with Crippen molar-refractivity contribution in [2.45, 2.75) is 19.8 Å². The lowest BCUT2D eigenvalue weighted by Gasteiger charge is -2.26. The normalized spacial score (nSPS) is 11.2. The molecule has 0 fully saturated rings. The summed E-state index contributed by atoms with van der Waals surface area (Å²) in [6.07, 6.45) is 3.75. The Kier molecular flexibility index (Phi) is 9.88. The van der Waals surface area contributed by atoms with Crippen molar-refractivity contribution in [3.63, 3.8) is 0 Å². The molecule has 0 heterocycles. The number of nitrogens with zero attached hydrogens (tertiary/aromatic N) is 1. The number of rotatable bonds is 12. The summed E-state index contributed by atoms with van der Waals surface area (Å²) >= 11 is 0. The van der Waals surface area contributed by atoms with E-state index in [1.165, 1.54) is 6.20 Å². The van der Waals surface area contributed by atoms with Crippen molar-refractivity contribution in [1.29, 1.82) is 0 Å². The van der Waals surface area contributed by atoms with Gasteiger partial charge in [0.1, 0.15) is 5.76 Å². The van der Waals surface area contributed by atoms with Crippen LogP contribution in [-0.2, 0) is 4.74 Å². The van der Waals surface area contributed by atoms with Crippen molar-refractivity contribution in [3.05, 3.63) is 48.8 Å². The second-order valence-corrected chi connectivity index (χ2v) is 4.67. The second-order valence-electron chi connectivity index (χ2n) is 4.67. The van der Waals surface area contributed by atoms with Gasteiger partial charge in [-0.1, -0.05) is 33.1 Å². The van der Waals surface area contributed by atoms with E-state index in [-0.39, 0.29) is 6.61 Å². The van der Waals surface area contributed by atoms with Crippen LogP contribution in [0.25, 0.3) is 0 Å². The maximum atomic E-state index is 9.48. The van der Waals surface area contributed by atoms with Crippen LogP contribution in [0.5, 0.6) is 0 Å². The molecule has 0 aliphatic heterocycles. The predicted octanol–water partition coefficient (Wildman–Crippen LogP) is 1.92. The molecule has 0 saturated carbocycles. The highest BCUT2D eigenvalue weighted by Crippen LogP contribution is 2.15. The topological polar surface area (TPSA) is 56.8 Å². The fourth-order valence-electron chi connectivity index (χ4n) is 1.70. The molecule has 0 radical (unpaired) electrons. The molecular formula is C16H29N3O2. The van der Waals surface area contributed by atoms with Crippen LogP contribution in [0.4, 0.5) is 0 Å². The van der Waals surface area contributed by atoms with Gasteiger partial charge >= 0.3 is 0 Å². The largest absolute Gasteiger partial charge is 0.497 e. The molecule has 0 bridgehead atoms. The van der Waals surface area contributed by atoms with Gasteiger partial charge in [-0.05, 0) is 12.6 Å². The second kappa shape index (κ2) is 10.9. The van der Waals surface area contributed by atoms with Crippen molar-refractivity contribution in [2.75, 3.05) is 33.9 Å². The number of nitrogens with one attached hydrogen (secondary N) is 2. The number of likely N-dealkylation sites (N-methyl/N-ethyl adjacent to an activating group) is 1. The molecule has 0 aromatic rings. The molecule has 5 nitrogen and oxygen atoms in total. The van der Waals surface area contributed by atoms with E-state index in [0.717, 1.165) is 30.8 Å². The number of unbranched alkanes of at least 4 members (excludes halogenated alkanes) is 1. The molecule has 0 aliphatic rings. The van der Waals surface area contributed by atoms with Gasteiger partial charge in [-0.2, -0.15) is 0 Å². The maximum absolute atomic E-state index is 9.48. The summed E-state index contributed by atoms with van der Waals surface area (Å²) in [6, 6.07) is 0. The van der Waals surface area contributed by atoms with Crippen molar-refractivity contribution in [3.8, 4) is 0 Å². The fraction of sp³-hybridized carbons (Fsp3) is 0.500. The molecule has 0 aliphatic carbocycles. The standard InChI is InChI=1S/C16H29N3O2/c1-7-9-10-18-14(4)19(5)11-15(13(3)21-6)16(12-20)17-8-2/h8,17-18,20H,2-4,7,9-12H2,1,5-6H3/b16-15+. The Morgan fingerprint density at radius 3 is 2.52 bits per heavy atom. The zero-order chi connectivity index (χ0) is 16.3. The van der Waals surface area contributed by atoms with E-state index in [1.54, 1.807) is 7.11 Å². The SMILES string of the molecule is C=CN/C(CO)=C(\CN(C)C(=C)NCCCC)C(=C)OC. The minimum atomic E-state index is -0.146. The number of ether oxygens (including phenoxy) is 1. The van der Waals surface area contributed by atoms with Gasteiger partial charge in [-0.15, -0.1) is 0 Å². The average Bonchev–Trinajstić information content (AvgIpc) is 2.49. The Morgan fingerprint density at radius 2 is 2.05 bits per heavy atom. The van der Waals surface area contributed by atoms with E-state index in [0.29, 0.717) is 18.0 Å². The van der Waals surface area contributed by atoms with Gasteiger partial charge in [0, 0.05) is 31.4 Å². The molecule has 21 heavy (non-hydrogen) atoms. The highest BCUT2D eigenvalue weighted by Gasteiger charge is 2.13. The molecular weight excluding hydrogens is 266 g/mol. The van der Waals surface area contributed by atoms with E-state index >= 15 is 0 Å². The molecule has 0 amide bonds. The predicted molar refractivity (Wildman–Crippen MR) is 88.3 cm³/mol. The van der Waals surface area contributed by atoms with Crippen LogP contribution in [0.2, 0.25) is 0 Å². The van der Waals surface area contributed by atoms with Gasteiger partial charge in [-0.25, -0.2) is 0 Å². The lowest BCUT2D eigenvalue weighted by atomic mass is 10.1. The molecule has 0 atom stereocenters. The quantitative estimate of drug-likeness (QED) is 0.292. The van der Waals surface area contributed by atoms with Crippen molar-refractivity contribution in [1.82, 2.24) is 15.5 Å². The van der Waals surface area contributed by atoms with Gasteiger partial charge in [0.25, 0.3) is 0 Å². The summed E-state index contributed by atoms with van der Waals surface area (Å²) in [7, 11) is 3.48. The van der Waals surface area contributed by atoms with Gasteiger partial charge in [0.05, 0.1) is 19.5 Å². The van der Waals surface area contributed by atoms with Crippen molar-refractivity contribution < 1.29 is 9.84 Å². The lowest BCUT2D eigenvalue weighted by Crippen LogP contribution is -2.31. The van der Waals surface area contributed by atoms with Crippen LogP contribution in [0.15, 0.2) is 48.8 Å². The fourth-order valence-corrected chi connectivity index (χ4v) is 1.70. The Labute approximate surface area is 128 Å². The van der Waals surface area contributed by atoms with Crippen LogP contribution >= 0.6 is 0 Å². The molecule has 5 heteroatoms. The van der Waals surface area contributed by atoms with Gasteiger partial charge < -0.3 is 25.4 Å². The number of aliphatic hydroxyl groups excluding tert-OH is 1. The first-order chi connectivity index (χ1) is 10.0. The third-order valence-electron chi connectivity index (χ3n) is 3.10. The molecule has 0 rings (SSSR count). The first kappa shape index (κ1) is 19.1. The molecule has 0 aromatic heterocycles. The minimum absolute atomic E-state index is 0.146. The van der Waals surface area contributed by atoms with E-state index in [1.807, 2.05) is 11.9 Å². The first-order valence-corrected chi connectivity index (χ1v) is 7.09. The molecule has 3 N–H and O–H groups in total. The van der Waals surface area contributed by atoms with Crippen LogP contribution in [0.3, 0.4) is 0 Å².